The van der Waals surface area contributed by atoms with Crippen LogP contribution in [0.4, 0.5) is 5.69 Å². The number of rotatable bonds is 5. The largest absolute Gasteiger partial charge is 0.490 e. The summed E-state index contributed by atoms with van der Waals surface area (Å²) in [4.78, 5) is 24.6. The van der Waals surface area contributed by atoms with Crippen molar-refractivity contribution in [3.8, 4) is 5.75 Å². The summed E-state index contributed by atoms with van der Waals surface area (Å²) >= 11 is 0. The third-order valence-electron chi connectivity index (χ3n) is 5.24. The normalized spacial score (nSPS) is 19.2. The summed E-state index contributed by atoms with van der Waals surface area (Å²) in [5, 5.41) is 11.2. The van der Waals surface area contributed by atoms with Crippen LogP contribution in [0.2, 0.25) is 0 Å². The van der Waals surface area contributed by atoms with Gasteiger partial charge in [0.2, 0.25) is 15.9 Å². The second kappa shape index (κ2) is 7.81. The first-order chi connectivity index (χ1) is 12.8. The highest BCUT2D eigenvalue weighted by Crippen LogP contribution is 2.31. The Morgan fingerprint density at radius 3 is 2.37 bits per heavy atom. The van der Waals surface area contributed by atoms with Gasteiger partial charge in [0, 0.05) is 38.2 Å². The van der Waals surface area contributed by atoms with Crippen LogP contribution in [-0.4, -0.2) is 61.7 Å². The van der Waals surface area contributed by atoms with Gasteiger partial charge in [0.25, 0.3) is 0 Å². The van der Waals surface area contributed by atoms with E-state index in [-0.39, 0.29) is 35.6 Å². The smallest absolute Gasteiger partial charge is 0.312 e. The summed E-state index contributed by atoms with van der Waals surface area (Å²) in [6, 6.07) is 3.60. The molecule has 0 unspecified atom stereocenters. The maximum atomic E-state index is 12.9. The van der Waals surface area contributed by atoms with E-state index in [1.165, 1.54) is 23.5 Å². The number of amides is 1. The number of sulfonamides is 1. The second-order valence-corrected chi connectivity index (χ2v) is 8.74. The zero-order valence-corrected chi connectivity index (χ0v) is 16.0. The van der Waals surface area contributed by atoms with Gasteiger partial charge < -0.3 is 9.64 Å². The van der Waals surface area contributed by atoms with Crippen LogP contribution >= 0.6 is 0 Å². The predicted molar refractivity (Wildman–Crippen MR) is 96.9 cm³/mol. The van der Waals surface area contributed by atoms with Crippen molar-refractivity contribution in [3.63, 3.8) is 0 Å². The molecular formula is C17H23N3O6S. The van der Waals surface area contributed by atoms with Gasteiger partial charge in [0.15, 0.2) is 5.75 Å². The van der Waals surface area contributed by atoms with E-state index >= 15 is 0 Å². The van der Waals surface area contributed by atoms with Crippen molar-refractivity contribution in [2.24, 2.45) is 5.92 Å². The number of nitrogens with zero attached hydrogens (tertiary/aromatic N) is 3. The van der Waals surface area contributed by atoms with Crippen LogP contribution < -0.4 is 4.74 Å². The van der Waals surface area contributed by atoms with E-state index in [0.29, 0.717) is 13.1 Å². The molecule has 0 N–H and O–H groups in total. The lowest BCUT2D eigenvalue weighted by atomic mass is 10.1. The molecule has 1 saturated carbocycles. The highest BCUT2D eigenvalue weighted by atomic mass is 32.2. The highest BCUT2D eigenvalue weighted by molar-refractivity contribution is 7.89. The van der Waals surface area contributed by atoms with Gasteiger partial charge >= 0.3 is 5.69 Å². The molecule has 2 fully saturated rings. The van der Waals surface area contributed by atoms with Crippen molar-refractivity contribution in [1.29, 1.82) is 0 Å². The molecule has 148 valence electrons. The van der Waals surface area contributed by atoms with Crippen molar-refractivity contribution >= 4 is 21.6 Å². The van der Waals surface area contributed by atoms with E-state index in [4.69, 9.17) is 4.74 Å². The highest BCUT2D eigenvalue weighted by Gasteiger charge is 2.34. The Morgan fingerprint density at radius 1 is 1.19 bits per heavy atom. The van der Waals surface area contributed by atoms with Crippen LogP contribution in [0.5, 0.6) is 5.75 Å². The minimum Gasteiger partial charge on any atom is -0.490 e. The Labute approximate surface area is 158 Å². The summed E-state index contributed by atoms with van der Waals surface area (Å²) in [5.74, 6) is 0.188. The molecule has 0 atom stereocenters. The molecule has 1 saturated heterocycles. The molecule has 1 aromatic rings. The Bertz CT molecular complexity index is 827. The Kier molecular flexibility index (Phi) is 5.66. The molecule has 0 aromatic heterocycles. The number of carbonyl (C=O) groups excluding carboxylic acids is 1. The molecule has 10 heteroatoms. The molecular weight excluding hydrogens is 374 g/mol. The third kappa shape index (κ3) is 3.91. The Hall–Kier alpha value is -2.20. The monoisotopic (exact) mass is 397 g/mol. The lowest BCUT2D eigenvalue weighted by molar-refractivity contribution is -0.386. The number of nitro groups is 1. The van der Waals surface area contributed by atoms with Gasteiger partial charge in [0.1, 0.15) is 0 Å². The number of piperazine rings is 1. The molecule has 0 bridgehead atoms. The number of ether oxygens (including phenoxy) is 1. The minimum absolute atomic E-state index is 0.00549. The van der Waals surface area contributed by atoms with Crippen molar-refractivity contribution < 1.29 is 22.9 Å². The van der Waals surface area contributed by atoms with Gasteiger partial charge in [-0.05, 0) is 25.0 Å². The quantitative estimate of drug-likeness (QED) is 0.552. The van der Waals surface area contributed by atoms with E-state index < -0.39 is 20.6 Å². The van der Waals surface area contributed by atoms with Crippen LogP contribution in [0.25, 0.3) is 0 Å². The summed E-state index contributed by atoms with van der Waals surface area (Å²) in [6.07, 6.45) is 3.96. The molecule has 27 heavy (non-hydrogen) atoms. The van der Waals surface area contributed by atoms with Gasteiger partial charge in [0.05, 0.1) is 16.9 Å². The lowest BCUT2D eigenvalue weighted by Gasteiger charge is -2.35. The van der Waals surface area contributed by atoms with Crippen LogP contribution in [0.1, 0.15) is 25.7 Å². The van der Waals surface area contributed by atoms with Crippen LogP contribution in [0, 0.1) is 16.0 Å². The topological polar surface area (TPSA) is 110 Å². The summed E-state index contributed by atoms with van der Waals surface area (Å²) < 4.78 is 31.9. The zero-order valence-electron chi connectivity index (χ0n) is 15.2. The molecule has 1 heterocycles. The van der Waals surface area contributed by atoms with Gasteiger partial charge in [-0.15, -0.1) is 0 Å². The fourth-order valence-corrected chi connectivity index (χ4v) is 5.14. The first-order valence-corrected chi connectivity index (χ1v) is 10.4. The number of nitro benzene ring substituents is 1. The molecule has 3 rings (SSSR count). The molecule has 1 aliphatic carbocycles. The number of hydrogen-bond acceptors (Lipinski definition) is 6. The second-order valence-electron chi connectivity index (χ2n) is 6.80. The van der Waals surface area contributed by atoms with Crippen LogP contribution in [0.15, 0.2) is 23.1 Å². The fourth-order valence-electron chi connectivity index (χ4n) is 3.70. The number of carbonyl (C=O) groups is 1. The summed E-state index contributed by atoms with van der Waals surface area (Å²) in [5.41, 5.74) is -0.395. The molecule has 1 amide bonds. The molecule has 0 radical (unpaired) electrons. The summed E-state index contributed by atoms with van der Waals surface area (Å²) in [7, 11) is -2.59. The van der Waals surface area contributed by atoms with E-state index in [1.54, 1.807) is 4.90 Å². The minimum atomic E-state index is -3.88. The van der Waals surface area contributed by atoms with Gasteiger partial charge in [-0.2, -0.15) is 4.31 Å². The SMILES string of the molecule is COc1ccc(S(=O)(=O)N2CCN(C(=O)C3CCCC3)CC2)cc1[N+](=O)[O-]. The maximum Gasteiger partial charge on any atom is 0.312 e. The van der Waals surface area contributed by atoms with E-state index in [1.807, 2.05) is 0 Å². The standard InChI is InChI=1S/C17H23N3O6S/c1-26-16-7-6-14(12-15(16)20(22)23)27(24,25)19-10-8-18(9-11-19)17(21)13-4-2-3-5-13/h6-7,12-13H,2-5,8-11H2,1H3. The maximum absolute atomic E-state index is 12.9. The lowest BCUT2D eigenvalue weighted by Crippen LogP contribution is -2.51. The van der Waals surface area contributed by atoms with E-state index in [0.717, 1.165) is 31.7 Å². The Morgan fingerprint density at radius 2 is 1.81 bits per heavy atom. The van der Waals surface area contributed by atoms with Crippen molar-refractivity contribution in [2.45, 2.75) is 30.6 Å². The molecule has 2 aliphatic rings. The average molecular weight is 397 g/mol. The first kappa shape index (κ1) is 19.6. The fraction of sp³-hybridized carbons (Fsp3) is 0.588. The van der Waals surface area contributed by atoms with E-state index in [9.17, 15) is 23.3 Å². The number of hydrogen-bond donors (Lipinski definition) is 0. The molecule has 1 aliphatic heterocycles. The summed E-state index contributed by atoms with van der Waals surface area (Å²) in [6.45, 7) is 1.04. The molecule has 0 spiro atoms. The van der Waals surface area contributed by atoms with Crippen molar-refractivity contribution in [2.75, 3.05) is 33.3 Å². The third-order valence-corrected chi connectivity index (χ3v) is 7.13. The first-order valence-electron chi connectivity index (χ1n) is 8.96. The number of benzene rings is 1. The van der Waals surface area contributed by atoms with Crippen molar-refractivity contribution in [1.82, 2.24) is 9.21 Å². The Balaban J connectivity index is 1.72. The van der Waals surface area contributed by atoms with E-state index in [2.05, 4.69) is 0 Å². The van der Waals surface area contributed by atoms with Crippen molar-refractivity contribution in [3.05, 3.63) is 28.3 Å². The molecule has 1 aromatic carbocycles. The van der Waals surface area contributed by atoms with Crippen LogP contribution in [0.3, 0.4) is 0 Å². The van der Waals surface area contributed by atoms with Gasteiger partial charge in [-0.3, -0.25) is 14.9 Å². The predicted octanol–water partition coefficient (Wildman–Crippen LogP) is 1.63. The number of methoxy groups -OCH3 is 1. The average Bonchev–Trinajstić information content (AvgIpc) is 3.21. The van der Waals surface area contributed by atoms with Gasteiger partial charge in [-0.25, -0.2) is 8.42 Å². The molecule has 9 nitrogen and oxygen atoms in total. The van der Waals surface area contributed by atoms with Crippen LogP contribution in [-0.2, 0) is 14.8 Å². The zero-order chi connectivity index (χ0) is 19.6. The van der Waals surface area contributed by atoms with Gasteiger partial charge in [-0.1, -0.05) is 12.8 Å².